The van der Waals surface area contributed by atoms with Crippen molar-refractivity contribution >= 4 is 16.8 Å². The summed E-state index contributed by atoms with van der Waals surface area (Å²) in [4.78, 5) is 33.0. The third kappa shape index (κ3) is 3.75. The molecule has 0 aliphatic carbocycles. The van der Waals surface area contributed by atoms with E-state index in [1.165, 1.54) is 6.07 Å². The second kappa shape index (κ2) is 7.32. The van der Waals surface area contributed by atoms with Crippen molar-refractivity contribution in [2.24, 2.45) is 0 Å². The van der Waals surface area contributed by atoms with Gasteiger partial charge in [-0.15, -0.1) is 0 Å². The summed E-state index contributed by atoms with van der Waals surface area (Å²) in [5, 5.41) is 4.55. The molecule has 0 atom stereocenters. The number of carbonyl (C=O) groups is 1. The van der Waals surface area contributed by atoms with Gasteiger partial charge in [-0.05, 0) is 12.1 Å². The summed E-state index contributed by atoms with van der Waals surface area (Å²) in [6, 6.07) is 8.88. The van der Waals surface area contributed by atoms with Crippen LogP contribution in [0.15, 0.2) is 45.8 Å². The van der Waals surface area contributed by atoms with Gasteiger partial charge in [0.25, 0.3) is 0 Å². The number of aryl methyl sites for hydroxylation is 1. The smallest absolute Gasteiger partial charge is 0.242 e. The van der Waals surface area contributed by atoms with E-state index in [0.29, 0.717) is 36.7 Å². The Bertz CT molecular complexity index is 1020. The van der Waals surface area contributed by atoms with Gasteiger partial charge >= 0.3 is 0 Å². The van der Waals surface area contributed by atoms with E-state index in [1.807, 2.05) is 27.7 Å². The molecule has 1 fully saturated rings. The first-order valence-corrected chi connectivity index (χ1v) is 8.98. The monoisotopic (exact) mass is 367 g/mol. The summed E-state index contributed by atoms with van der Waals surface area (Å²) in [6.45, 7) is 5.48. The number of pyridine rings is 1. The van der Waals surface area contributed by atoms with E-state index in [0.717, 1.165) is 18.6 Å². The Morgan fingerprint density at radius 3 is 2.67 bits per heavy atom. The topological polar surface area (TPSA) is 84.5 Å². The molecule has 2 aromatic heterocycles. The molecule has 1 aliphatic heterocycles. The minimum Gasteiger partial charge on any atom is -0.340 e. The van der Waals surface area contributed by atoms with Crippen LogP contribution in [0.3, 0.4) is 0 Å². The highest BCUT2D eigenvalue weighted by Crippen LogP contribution is 2.11. The molecule has 0 unspecified atom stereocenters. The van der Waals surface area contributed by atoms with Crippen LogP contribution in [0.25, 0.3) is 10.9 Å². The highest BCUT2D eigenvalue weighted by Gasteiger charge is 2.22. The van der Waals surface area contributed by atoms with E-state index in [9.17, 15) is 9.59 Å². The Hall–Kier alpha value is -3.00. The minimum atomic E-state index is -0.0281. The van der Waals surface area contributed by atoms with Crippen molar-refractivity contribution in [1.82, 2.24) is 24.5 Å². The SMILES string of the molecule is Cc1nc(CN2CCN(C(=O)Cn3ccc(=O)c4ccccc43)CC2)no1. The molecule has 4 rings (SSSR count). The van der Waals surface area contributed by atoms with Gasteiger partial charge in [0.05, 0.1) is 12.1 Å². The van der Waals surface area contributed by atoms with Gasteiger partial charge in [0.2, 0.25) is 11.8 Å². The Labute approximate surface area is 156 Å². The molecule has 140 valence electrons. The number of rotatable bonds is 4. The highest BCUT2D eigenvalue weighted by atomic mass is 16.5. The largest absolute Gasteiger partial charge is 0.340 e. The molecule has 0 bridgehead atoms. The number of aromatic nitrogens is 3. The van der Waals surface area contributed by atoms with Crippen LogP contribution < -0.4 is 5.43 Å². The molecule has 0 spiro atoms. The van der Waals surface area contributed by atoms with Crippen LogP contribution in [-0.2, 0) is 17.9 Å². The van der Waals surface area contributed by atoms with Crippen LogP contribution in [-0.4, -0.2) is 56.6 Å². The van der Waals surface area contributed by atoms with Crippen molar-refractivity contribution in [3.8, 4) is 0 Å². The molecule has 8 nitrogen and oxygen atoms in total. The summed E-state index contributed by atoms with van der Waals surface area (Å²) < 4.78 is 6.84. The van der Waals surface area contributed by atoms with Crippen molar-refractivity contribution < 1.29 is 9.32 Å². The number of nitrogens with zero attached hydrogens (tertiary/aromatic N) is 5. The lowest BCUT2D eigenvalue weighted by Crippen LogP contribution is -2.49. The number of fused-ring (bicyclic) bond motifs is 1. The van der Waals surface area contributed by atoms with Crippen molar-refractivity contribution in [2.45, 2.75) is 20.0 Å². The van der Waals surface area contributed by atoms with E-state index in [4.69, 9.17) is 4.52 Å². The summed E-state index contributed by atoms with van der Waals surface area (Å²) >= 11 is 0. The van der Waals surface area contributed by atoms with Gasteiger partial charge in [-0.3, -0.25) is 14.5 Å². The Morgan fingerprint density at radius 1 is 1.15 bits per heavy atom. The van der Waals surface area contributed by atoms with Crippen molar-refractivity contribution in [3.63, 3.8) is 0 Å². The normalized spacial score (nSPS) is 15.4. The van der Waals surface area contributed by atoms with Gasteiger partial charge in [-0.2, -0.15) is 4.98 Å². The summed E-state index contributed by atoms with van der Waals surface area (Å²) in [7, 11) is 0. The molecular formula is C19H21N5O3. The first kappa shape index (κ1) is 17.4. The second-order valence-electron chi connectivity index (χ2n) is 6.71. The van der Waals surface area contributed by atoms with Crippen LogP contribution in [0.4, 0.5) is 0 Å². The molecule has 27 heavy (non-hydrogen) atoms. The molecule has 3 heterocycles. The standard InChI is InChI=1S/C19H21N5O3/c1-14-20-18(21-27-14)12-22-8-10-23(11-9-22)19(26)13-24-7-6-17(25)15-4-2-3-5-16(15)24/h2-7H,8-13H2,1H3. The van der Waals surface area contributed by atoms with Crippen molar-refractivity contribution in [1.29, 1.82) is 0 Å². The van der Waals surface area contributed by atoms with Gasteiger partial charge in [-0.1, -0.05) is 17.3 Å². The van der Waals surface area contributed by atoms with Crippen molar-refractivity contribution in [3.05, 3.63) is 58.5 Å². The lowest BCUT2D eigenvalue weighted by atomic mass is 10.2. The first-order valence-electron chi connectivity index (χ1n) is 8.98. The zero-order valence-corrected chi connectivity index (χ0v) is 15.2. The molecule has 1 aromatic carbocycles. The van der Waals surface area contributed by atoms with Gasteiger partial charge in [0.1, 0.15) is 6.54 Å². The lowest BCUT2D eigenvalue weighted by molar-refractivity contribution is -0.133. The Kier molecular flexibility index (Phi) is 4.72. The molecule has 0 saturated carbocycles. The molecule has 1 saturated heterocycles. The number of amides is 1. The fraction of sp³-hybridized carbons (Fsp3) is 0.368. The van der Waals surface area contributed by atoms with E-state index in [2.05, 4.69) is 15.0 Å². The van der Waals surface area contributed by atoms with Gasteiger partial charge < -0.3 is 14.0 Å². The quantitative estimate of drug-likeness (QED) is 0.685. The van der Waals surface area contributed by atoms with E-state index < -0.39 is 0 Å². The Balaban J connectivity index is 1.39. The predicted octanol–water partition coefficient (Wildman–Crippen LogP) is 1.04. The van der Waals surface area contributed by atoms with E-state index in [-0.39, 0.29) is 17.9 Å². The third-order valence-corrected chi connectivity index (χ3v) is 4.85. The molecule has 8 heteroatoms. The van der Waals surface area contributed by atoms with Crippen LogP contribution >= 0.6 is 0 Å². The zero-order valence-electron chi connectivity index (χ0n) is 15.2. The predicted molar refractivity (Wildman–Crippen MR) is 99.1 cm³/mol. The van der Waals surface area contributed by atoms with Crippen LogP contribution in [0.2, 0.25) is 0 Å². The maximum atomic E-state index is 12.7. The van der Waals surface area contributed by atoms with E-state index in [1.54, 1.807) is 19.2 Å². The van der Waals surface area contributed by atoms with Gasteiger partial charge in [0, 0.05) is 50.8 Å². The summed E-state index contributed by atoms with van der Waals surface area (Å²) in [5.74, 6) is 1.29. The second-order valence-corrected chi connectivity index (χ2v) is 6.71. The fourth-order valence-electron chi connectivity index (χ4n) is 3.40. The molecule has 0 radical (unpaired) electrons. The summed E-state index contributed by atoms with van der Waals surface area (Å²) in [6.07, 6.45) is 1.69. The molecule has 3 aromatic rings. The number of benzene rings is 1. The number of carbonyl (C=O) groups excluding carboxylic acids is 1. The average Bonchev–Trinajstić information content (AvgIpc) is 3.09. The van der Waals surface area contributed by atoms with Gasteiger partial charge in [0.15, 0.2) is 11.3 Å². The number of piperazine rings is 1. The zero-order chi connectivity index (χ0) is 18.8. The fourth-order valence-corrected chi connectivity index (χ4v) is 3.40. The number of hydrogen-bond acceptors (Lipinski definition) is 6. The molecular weight excluding hydrogens is 346 g/mol. The maximum Gasteiger partial charge on any atom is 0.242 e. The number of hydrogen-bond donors (Lipinski definition) is 0. The Morgan fingerprint density at radius 2 is 1.93 bits per heavy atom. The lowest BCUT2D eigenvalue weighted by Gasteiger charge is -2.34. The minimum absolute atomic E-state index is 0.0281. The molecule has 1 amide bonds. The maximum absolute atomic E-state index is 12.7. The van der Waals surface area contributed by atoms with Crippen molar-refractivity contribution in [2.75, 3.05) is 26.2 Å². The summed E-state index contributed by atoms with van der Waals surface area (Å²) in [5.41, 5.74) is 0.754. The van der Waals surface area contributed by atoms with Crippen LogP contribution in [0.5, 0.6) is 0 Å². The highest BCUT2D eigenvalue weighted by molar-refractivity contribution is 5.82. The average molecular weight is 367 g/mol. The first-order chi connectivity index (χ1) is 13.1. The van der Waals surface area contributed by atoms with Gasteiger partial charge in [-0.25, -0.2) is 0 Å². The number of para-hydroxylation sites is 1. The van der Waals surface area contributed by atoms with E-state index >= 15 is 0 Å². The molecule has 0 N–H and O–H groups in total. The third-order valence-electron chi connectivity index (χ3n) is 4.85. The van der Waals surface area contributed by atoms with Crippen LogP contribution in [0, 0.1) is 6.92 Å². The van der Waals surface area contributed by atoms with Crippen LogP contribution in [0.1, 0.15) is 11.7 Å². The molecule has 1 aliphatic rings.